The Labute approximate surface area is 210 Å². The minimum Gasteiger partial charge on any atom is -0.493 e. The van der Waals surface area contributed by atoms with Gasteiger partial charge in [0.2, 0.25) is 0 Å². The first-order chi connectivity index (χ1) is 16.7. The Kier molecular flexibility index (Phi) is 8.40. The molecule has 174 valence electrons. The second-order valence-electron chi connectivity index (χ2n) is 6.93. The second kappa shape index (κ2) is 11.9. The molecule has 34 heavy (non-hydrogen) atoms. The highest BCUT2D eigenvalue weighted by molar-refractivity contribution is 8.03. The number of thioether (sulfide) groups is 2. The molecule has 0 fully saturated rings. The fraction of sp³-hybridized carbons (Fsp3) is 0.167. The van der Waals surface area contributed by atoms with Crippen LogP contribution in [0.5, 0.6) is 11.5 Å². The summed E-state index contributed by atoms with van der Waals surface area (Å²) in [4.78, 5) is 12.2. The number of hydrazone groups is 1. The zero-order valence-electron chi connectivity index (χ0n) is 18.6. The van der Waals surface area contributed by atoms with Crippen molar-refractivity contribution in [2.75, 3.05) is 20.0 Å². The van der Waals surface area contributed by atoms with Crippen LogP contribution in [0.25, 0.3) is 10.8 Å². The molecule has 0 radical (unpaired) electrons. The van der Waals surface area contributed by atoms with E-state index in [9.17, 15) is 4.79 Å². The third-order valence-electron chi connectivity index (χ3n) is 4.77. The number of fused-ring (bicyclic) bond motifs is 1. The minimum absolute atomic E-state index is 0.190. The Bertz CT molecular complexity index is 1300. The molecule has 1 amide bonds. The average Bonchev–Trinajstić information content (AvgIpc) is 3.33. The van der Waals surface area contributed by atoms with Gasteiger partial charge in [0, 0.05) is 11.3 Å². The SMILES string of the molecule is COc1cccc(/C=N\NC(=O)CSc2nnc(SCc3cccc4ccccc34)s2)c1OC. The number of amides is 1. The largest absolute Gasteiger partial charge is 0.493 e. The lowest BCUT2D eigenvalue weighted by atomic mass is 10.1. The Morgan fingerprint density at radius 1 is 1.00 bits per heavy atom. The topological polar surface area (TPSA) is 85.7 Å². The van der Waals surface area contributed by atoms with Crippen molar-refractivity contribution < 1.29 is 14.3 Å². The quantitative estimate of drug-likeness (QED) is 0.177. The normalized spacial score (nSPS) is 11.1. The van der Waals surface area contributed by atoms with E-state index in [0.717, 1.165) is 14.4 Å². The highest BCUT2D eigenvalue weighted by Gasteiger charge is 2.10. The molecule has 7 nitrogen and oxygen atoms in total. The number of hydrogen-bond acceptors (Lipinski definition) is 9. The predicted octanol–water partition coefficient (Wildman–Crippen LogP) is 5.24. The fourth-order valence-electron chi connectivity index (χ4n) is 3.22. The lowest BCUT2D eigenvalue weighted by Gasteiger charge is -2.09. The van der Waals surface area contributed by atoms with Crippen LogP contribution in [0.15, 0.2) is 74.4 Å². The first kappa shape index (κ1) is 24.1. The third kappa shape index (κ3) is 6.07. The monoisotopic (exact) mass is 510 g/mol. The van der Waals surface area contributed by atoms with Crippen molar-refractivity contribution in [1.82, 2.24) is 15.6 Å². The van der Waals surface area contributed by atoms with Gasteiger partial charge in [-0.1, -0.05) is 83.4 Å². The van der Waals surface area contributed by atoms with Crippen molar-refractivity contribution >= 4 is 57.8 Å². The van der Waals surface area contributed by atoms with Gasteiger partial charge in [0.25, 0.3) is 5.91 Å². The summed E-state index contributed by atoms with van der Waals surface area (Å²) in [5, 5.41) is 14.9. The van der Waals surface area contributed by atoms with Crippen LogP contribution in [-0.2, 0) is 10.5 Å². The van der Waals surface area contributed by atoms with Crippen molar-refractivity contribution in [3.8, 4) is 11.5 Å². The zero-order chi connectivity index (χ0) is 23.8. The van der Waals surface area contributed by atoms with Crippen LogP contribution < -0.4 is 14.9 Å². The second-order valence-corrected chi connectivity index (χ2v) is 10.3. The molecule has 0 unspecified atom stereocenters. The molecule has 4 rings (SSSR count). The van der Waals surface area contributed by atoms with Crippen molar-refractivity contribution in [3.63, 3.8) is 0 Å². The molecule has 0 atom stereocenters. The molecule has 1 N–H and O–H groups in total. The number of aromatic nitrogens is 2. The first-order valence-corrected chi connectivity index (χ1v) is 13.1. The maximum atomic E-state index is 12.2. The number of methoxy groups -OCH3 is 2. The molecule has 1 aromatic heterocycles. The van der Waals surface area contributed by atoms with Crippen LogP contribution in [0.1, 0.15) is 11.1 Å². The summed E-state index contributed by atoms with van der Waals surface area (Å²) in [7, 11) is 3.12. The van der Waals surface area contributed by atoms with Crippen LogP contribution in [0.4, 0.5) is 0 Å². The van der Waals surface area contributed by atoms with E-state index in [1.54, 1.807) is 32.0 Å². The highest BCUT2D eigenvalue weighted by Crippen LogP contribution is 2.32. The van der Waals surface area contributed by atoms with Gasteiger partial charge in [0.15, 0.2) is 20.2 Å². The molecule has 0 bridgehead atoms. The molecule has 10 heteroatoms. The first-order valence-electron chi connectivity index (χ1n) is 10.3. The zero-order valence-corrected chi connectivity index (χ0v) is 21.0. The molecule has 1 heterocycles. The van der Waals surface area contributed by atoms with Crippen LogP contribution in [0, 0.1) is 0 Å². The van der Waals surface area contributed by atoms with Gasteiger partial charge >= 0.3 is 0 Å². The van der Waals surface area contributed by atoms with Crippen molar-refractivity contribution in [2.24, 2.45) is 5.10 Å². The predicted molar refractivity (Wildman–Crippen MR) is 139 cm³/mol. The van der Waals surface area contributed by atoms with Gasteiger partial charge in [-0.15, -0.1) is 10.2 Å². The van der Waals surface area contributed by atoms with Gasteiger partial charge in [0.05, 0.1) is 26.2 Å². The van der Waals surface area contributed by atoms with E-state index in [-0.39, 0.29) is 11.7 Å². The van der Waals surface area contributed by atoms with E-state index >= 15 is 0 Å². The van der Waals surface area contributed by atoms with E-state index in [1.807, 2.05) is 18.2 Å². The van der Waals surface area contributed by atoms with Crippen molar-refractivity contribution in [1.29, 1.82) is 0 Å². The molecular weight excluding hydrogens is 488 g/mol. The smallest absolute Gasteiger partial charge is 0.250 e. The maximum Gasteiger partial charge on any atom is 0.250 e. The summed E-state index contributed by atoms with van der Waals surface area (Å²) in [6, 6.07) is 20.1. The number of carbonyl (C=O) groups is 1. The fourth-order valence-corrected chi connectivity index (χ4v) is 6.04. The van der Waals surface area contributed by atoms with Crippen molar-refractivity contribution in [2.45, 2.75) is 14.4 Å². The number of benzene rings is 3. The maximum absolute atomic E-state index is 12.2. The Morgan fingerprint density at radius 2 is 1.76 bits per heavy atom. The van der Waals surface area contributed by atoms with Gasteiger partial charge in [-0.3, -0.25) is 4.79 Å². The number of hydrogen-bond donors (Lipinski definition) is 1. The number of para-hydroxylation sites is 1. The van der Waals surface area contributed by atoms with Gasteiger partial charge in [-0.05, 0) is 28.5 Å². The third-order valence-corrected chi connectivity index (χ3v) is 8.01. The van der Waals surface area contributed by atoms with Gasteiger partial charge in [-0.2, -0.15) is 5.10 Å². The molecule has 4 aromatic rings. The Balaban J connectivity index is 1.27. The minimum atomic E-state index is -0.233. The highest BCUT2D eigenvalue weighted by atomic mass is 32.2. The number of rotatable bonds is 10. The lowest BCUT2D eigenvalue weighted by molar-refractivity contribution is -0.118. The van der Waals surface area contributed by atoms with Crippen LogP contribution in [0.3, 0.4) is 0 Å². The summed E-state index contributed by atoms with van der Waals surface area (Å²) >= 11 is 4.47. The van der Waals surface area contributed by atoms with Gasteiger partial charge in [-0.25, -0.2) is 5.43 Å². The number of nitrogens with one attached hydrogen (secondary N) is 1. The van der Waals surface area contributed by atoms with Crippen LogP contribution in [-0.4, -0.2) is 42.3 Å². The molecule has 0 saturated heterocycles. The number of carbonyl (C=O) groups excluding carboxylic acids is 1. The molecule has 0 aliphatic carbocycles. The molecular formula is C24H22N4O3S3. The summed E-state index contributed by atoms with van der Waals surface area (Å²) in [6.45, 7) is 0. The van der Waals surface area contributed by atoms with E-state index in [2.05, 4.69) is 57.1 Å². The summed E-state index contributed by atoms with van der Waals surface area (Å²) in [5.74, 6) is 1.92. The van der Waals surface area contributed by atoms with Gasteiger partial charge < -0.3 is 9.47 Å². The molecule has 0 saturated carbocycles. The summed E-state index contributed by atoms with van der Waals surface area (Å²) < 4.78 is 12.2. The standard InChI is InChI=1S/C24H22N4O3S3/c1-30-20-12-6-9-17(22(20)31-2)13-25-26-21(29)15-33-24-28-27-23(34-24)32-14-18-10-5-8-16-7-3-4-11-19(16)18/h3-13H,14-15H2,1-2H3,(H,26,29)/b25-13-. The molecule has 3 aromatic carbocycles. The van der Waals surface area contributed by atoms with E-state index in [1.165, 1.54) is 45.6 Å². The average molecular weight is 511 g/mol. The van der Waals surface area contributed by atoms with E-state index in [0.29, 0.717) is 17.1 Å². The number of nitrogens with zero attached hydrogens (tertiary/aromatic N) is 3. The molecule has 0 aliphatic rings. The Morgan fingerprint density at radius 3 is 2.59 bits per heavy atom. The number of ether oxygens (including phenoxy) is 2. The van der Waals surface area contributed by atoms with Crippen LogP contribution in [0.2, 0.25) is 0 Å². The van der Waals surface area contributed by atoms with E-state index in [4.69, 9.17) is 9.47 Å². The van der Waals surface area contributed by atoms with E-state index < -0.39 is 0 Å². The van der Waals surface area contributed by atoms with Gasteiger partial charge in [0.1, 0.15) is 0 Å². The molecule has 0 aliphatic heterocycles. The van der Waals surface area contributed by atoms with Crippen LogP contribution >= 0.6 is 34.9 Å². The van der Waals surface area contributed by atoms with Crippen molar-refractivity contribution in [3.05, 3.63) is 71.8 Å². The summed E-state index contributed by atoms with van der Waals surface area (Å²) in [5.41, 5.74) is 4.49. The molecule has 0 spiro atoms. The Hall–Kier alpha value is -3.08. The lowest BCUT2D eigenvalue weighted by Crippen LogP contribution is -2.19. The summed E-state index contributed by atoms with van der Waals surface area (Å²) in [6.07, 6.45) is 1.52.